The van der Waals surface area contributed by atoms with Crippen molar-refractivity contribution >= 4 is 46.4 Å². The molecule has 25 heavy (non-hydrogen) atoms. The number of nitrogens with zero attached hydrogens (tertiary/aromatic N) is 1. The number of halogens is 2. The minimum Gasteiger partial charge on any atom is -0.325 e. The molecule has 0 saturated heterocycles. The molecular formula is C18H13Cl2N3O2. The molecule has 0 bridgehead atoms. The minimum absolute atomic E-state index is 0.304. The predicted octanol–water partition coefficient (Wildman–Crippen LogP) is 4.22. The van der Waals surface area contributed by atoms with Crippen LogP contribution in [0.25, 0.3) is 0 Å². The normalized spacial score (nSPS) is 14.3. The number of anilines is 2. The number of rotatable bonds is 4. The number of carbonyl (C=O) groups excluding carboxylic acids is 2. The van der Waals surface area contributed by atoms with Gasteiger partial charge in [-0.3, -0.25) is 9.59 Å². The van der Waals surface area contributed by atoms with Crippen LogP contribution >= 0.6 is 23.2 Å². The Hall–Kier alpha value is -2.55. The fraction of sp³-hybridized carbons (Fsp3) is 0.167. The molecule has 3 rings (SSSR count). The zero-order valence-corrected chi connectivity index (χ0v) is 14.5. The van der Waals surface area contributed by atoms with Gasteiger partial charge in [-0.15, -0.1) is 0 Å². The number of carbonyl (C=O) groups is 2. The van der Waals surface area contributed by atoms with Gasteiger partial charge in [-0.1, -0.05) is 29.3 Å². The van der Waals surface area contributed by atoms with Crippen molar-refractivity contribution in [2.75, 3.05) is 10.6 Å². The van der Waals surface area contributed by atoms with Crippen molar-refractivity contribution in [1.29, 1.82) is 5.26 Å². The number of amides is 2. The highest BCUT2D eigenvalue weighted by Crippen LogP contribution is 2.47. The van der Waals surface area contributed by atoms with E-state index >= 15 is 0 Å². The van der Waals surface area contributed by atoms with E-state index in [1.165, 1.54) is 6.07 Å². The smallest absolute Gasteiger partial charge is 0.240 e. The lowest BCUT2D eigenvalue weighted by molar-refractivity contribution is -0.131. The van der Waals surface area contributed by atoms with E-state index in [9.17, 15) is 9.59 Å². The number of benzene rings is 2. The van der Waals surface area contributed by atoms with Crippen molar-refractivity contribution in [1.82, 2.24) is 0 Å². The lowest BCUT2D eigenvalue weighted by atomic mass is 10.0. The van der Waals surface area contributed by atoms with Gasteiger partial charge in [-0.25, -0.2) is 0 Å². The second-order valence-electron chi connectivity index (χ2n) is 5.81. The third-order valence-corrected chi connectivity index (χ3v) is 4.60. The monoisotopic (exact) mass is 373 g/mol. The molecule has 1 aliphatic rings. The molecule has 1 saturated carbocycles. The largest absolute Gasteiger partial charge is 0.325 e. The van der Waals surface area contributed by atoms with Gasteiger partial charge in [0, 0.05) is 10.7 Å². The van der Waals surface area contributed by atoms with Gasteiger partial charge in [0.05, 0.1) is 22.3 Å². The summed E-state index contributed by atoms with van der Waals surface area (Å²) in [5.74, 6) is -0.809. The molecule has 0 aliphatic heterocycles. The number of hydrogen-bond donors (Lipinski definition) is 2. The number of nitrogens with one attached hydrogen (secondary N) is 2. The highest BCUT2D eigenvalue weighted by atomic mass is 35.5. The van der Waals surface area contributed by atoms with E-state index < -0.39 is 17.2 Å². The zero-order valence-electron chi connectivity index (χ0n) is 13.0. The summed E-state index contributed by atoms with van der Waals surface area (Å²) in [6.45, 7) is 0. The standard InChI is InChI=1S/C18H13Cl2N3O2/c19-12-4-5-15(14(20)9-12)23-17(25)18(6-7-18)16(24)22-13-3-1-2-11(8-13)10-21/h1-5,8-9H,6-7H2,(H,22,24)(H,23,25). The van der Waals surface area contributed by atoms with Gasteiger partial charge in [-0.05, 0) is 49.2 Å². The number of nitriles is 1. The Morgan fingerprint density at radius 3 is 2.40 bits per heavy atom. The van der Waals surface area contributed by atoms with Crippen molar-refractivity contribution in [3.63, 3.8) is 0 Å². The molecule has 2 aromatic carbocycles. The molecule has 0 atom stereocenters. The van der Waals surface area contributed by atoms with Crippen LogP contribution in [0.5, 0.6) is 0 Å². The van der Waals surface area contributed by atoms with Crippen molar-refractivity contribution in [3.05, 3.63) is 58.1 Å². The van der Waals surface area contributed by atoms with E-state index in [0.717, 1.165) is 0 Å². The summed E-state index contributed by atoms with van der Waals surface area (Å²) >= 11 is 11.9. The first-order valence-electron chi connectivity index (χ1n) is 7.53. The average Bonchev–Trinajstić information content (AvgIpc) is 3.39. The van der Waals surface area contributed by atoms with Crippen LogP contribution < -0.4 is 10.6 Å². The van der Waals surface area contributed by atoms with Crippen LogP contribution in [0.4, 0.5) is 11.4 Å². The van der Waals surface area contributed by atoms with Crippen LogP contribution in [-0.4, -0.2) is 11.8 Å². The maximum Gasteiger partial charge on any atom is 0.240 e. The van der Waals surface area contributed by atoms with Gasteiger partial charge in [0.1, 0.15) is 5.41 Å². The van der Waals surface area contributed by atoms with E-state index in [-0.39, 0.29) is 0 Å². The Labute approximate surface area is 154 Å². The topological polar surface area (TPSA) is 82.0 Å². The first kappa shape index (κ1) is 17.3. The highest BCUT2D eigenvalue weighted by Gasteiger charge is 2.56. The van der Waals surface area contributed by atoms with Crippen LogP contribution in [0.15, 0.2) is 42.5 Å². The third-order valence-electron chi connectivity index (χ3n) is 4.05. The Balaban J connectivity index is 1.73. The molecule has 0 unspecified atom stereocenters. The second kappa shape index (κ2) is 6.75. The Morgan fingerprint density at radius 1 is 1.04 bits per heavy atom. The summed E-state index contributed by atoms with van der Waals surface area (Å²) in [5.41, 5.74) is 0.195. The molecule has 126 valence electrons. The molecule has 5 nitrogen and oxygen atoms in total. The molecule has 1 fully saturated rings. The SMILES string of the molecule is N#Cc1cccc(NC(=O)C2(C(=O)Nc3ccc(Cl)cc3Cl)CC2)c1. The number of hydrogen-bond acceptors (Lipinski definition) is 3. The van der Waals surface area contributed by atoms with E-state index in [1.54, 1.807) is 36.4 Å². The first-order chi connectivity index (χ1) is 11.9. The second-order valence-corrected chi connectivity index (χ2v) is 6.65. The van der Waals surface area contributed by atoms with E-state index in [0.29, 0.717) is 39.8 Å². The molecule has 0 aromatic heterocycles. The minimum atomic E-state index is -1.12. The molecule has 1 aliphatic carbocycles. The quantitative estimate of drug-likeness (QED) is 0.786. The van der Waals surface area contributed by atoms with Crippen molar-refractivity contribution in [2.45, 2.75) is 12.8 Å². The van der Waals surface area contributed by atoms with Gasteiger partial charge in [-0.2, -0.15) is 5.26 Å². The average molecular weight is 374 g/mol. The molecule has 0 radical (unpaired) electrons. The molecule has 0 heterocycles. The Kier molecular flexibility index (Phi) is 4.67. The van der Waals surface area contributed by atoms with Gasteiger partial charge in [0.25, 0.3) is 0 Å². The lowest BCUT2D eigenvalue weighted by Gasteiger charge is -2.16. The van der Waals surface area contributed by atoms with Gasteiger partial charge >= 0.3 is 0 Å². The lowest BCUT2D eigenvalue weighted by Crippen LogP contribution is -2.35. The van der Waals surface area contributed by atoms with Crippen LogP contribution in [0.1, 0.15) is 18.4 Å². The van der Waals surface area contributed by atoms with E-state index in [4.69, 9.17) is 28.5 Å². The molecule has 0 spiro atoms. The molecular weight excluding hydrogens is 361 g/mol. The summed E-state index contributed by atoms with van der Waals surface area (Å²) in [7, 11) is 0. The Bertz CT molecular complexity index is 901. The third kappa shape index (κ3) is 3.60. The summed E-state index contributed by atoms with van der Waals surface area (Å²) in [6, 6.07) is 13.3. The Morgan fingerprint density at radius 2 is 1.76 bits per heavy atom. The maximum atomic E-state index is 12.6. The van der Waals surface area contributed by atoms with Crippen molar-refractivity contribution < 1.29 is 9.59 Å². The van der Waals surface area contributed by atoms with Crippen LogP contribution in [-0.2, 0) is 9.59 Å². The fourth-order valence-corrected chi connectivity index (χ4v) is 2.89. The fourth-order valence-electron chi connectivity index (χ4n) is 2.43. The van der Waals surface area contributed by atoms with Crippen LogP contribution in [0, 0.1) is 16.7 Å². The van der Waals surface area contributed by atoms with E-state index in [2.05, 4.69) is 10.6 Å². The van der Waals surface area contributed by atoms with Gasteiger partial charge in [0.2, 0.25) is 11.8 Å². The molecule has 2 aromatic rings. The predicted molar refractivity (Wildman–Crippen MR) is 96.5 cm³/mol. The molecule has 2 amide bonds. The zero-order chi connectivity index (χ0) is 18.0. The van der Waals surface area contributed by atoms with E-state index in [1.807, 2.05) is 6.07 Å². The highest BCUT2D eigenvalue weighted by molar-refractivity contribution is 6.37. The van der Waals surface area contributed by atoms with Gasteiger partial charge < -0.3 is 10.6 Å². The summed E-state index contributed by atoms with van der Waals surface area (Å²) in [5, 5.41) is 15.1. The molecule has 7 heteroatoms. The van der Waals surface area contributed by atoms with Crippen molar-refractivity contribution in [3.8, 4) is 6.07 Å². The van der Waals surface area contributed by atoms with Crippen molar-refractivity contribution in [2.24, 2.45) is 5.41 Å². The molecule has 2 N–H and O–H groups in total. The first-order valence-corrected chi connectivity index (χ1v) is 8.28. The maximum absolute atomic E-state index is 12.6. The van der Waals surface area contributed by atoms with Crippen LogP contribution in [0.2, 0.25) is 10.0 Å². The summed E-state index contributed by atoms with van der Waals surface area (Å²) < 4.78 is 0. The summed E-state index contributed by atoms with van der Waals surface area (Å²) in [4.78, 5) is 25.1. The summed E-state index contributed by atoms with van der Waals surface area (Å²) in [6.07, 6.45) is 0.904. The van der Waals surface area contributed by atoms with Crippen LogP contribution in [0.3, 0.4) is 0 Å². The van der Waals surface area contributed by atoms with Gasteiger partial charge in [0.15, 0.2) is 0 Å².